The third-order valence-electron chi connectivity index (χ3n) is 4.34. The number of aliphatic hydroxyl groups is 2. The molecule has 172 valence electrons. The topological polar surface area (TPSA) is 115 Å². The number of hydrogen-bond donors (Lipinski definition) is 2. The lowest BCUT2D eigenvalue weighted by Crippen LogP contribution is -2.39. The molecule has 0 saturated carbocycles. The first-order valence-electron chi connectivity index (χ1n) is 9.52. The molecule has 0 amide bonds. The van der Waals surface area contributed by atoms with Crippen LogP contribution in [0.2, 0.25) is 0 Å². The molecule has 0 spiro atoms. The average molecular weight is 512 g/mol. The van der Waals surface area contributed by atoms with E-state index in [1.807, 2.05) is 0 Å². The van der Waals surface area contributed by atoms with Gasteiger partial charge in [0.25, 0.3) is 0 Å². The zero-order valence-electron chi connectivity index (χ0n) is 17.2. The molecule has 2 aromatic rings. The molecule has 2 rings (SSSR count). The molecule has 0 fully saturated rings. The summed E-state index contributed by atoms with van der Waals surface area (Å²) in [5.41, 5.74) is 1.64. The lowest BCUT2D eigenvalue weighted by atomic mass is 10.1. The van der Waals surface area contributed by atoms with Crippen LogP contribution in [0, 0.1) is 0 Å². The molecular weight excluding hydrogens is 489 g/mol. The number of rotatable bonds is 11. The van der Waals surface area contributed by atoms with E-state index in [1.54, 1.807) is 24.3 Å². The molecule has 8 nitrogen and oxygen atoms in total. The van der Waals surface area contributed by atoms with E-state index in [2.05, 4.69) is 25.9 Å². The van der Waals surface area contributed by atoms with E-state index in [4.69, 9.17) is 19.7 Å². The van der Waals surface area contributed by atoms with Gasteiger partial charge in [0.1, 0.15) is 13.7 Å². The maximum Gasteiger partial charge on any atom is 0.338 e. The van der Waals surface area contributed by atoms with Gasteiger partial charge in [-0.25, -0.2) is 14.0 Å². The predicted octanol–water partition coefficient (Wildman–Crippen LogP) is 2.79. The summed E-state index contributed by atoms with van der Waals surface area (Å²) >= 11 is 3.22. The molecule has 0 aliphatic heterocycles. The number of carbonyl (C=O) groups excluding carboxylic acids is 2. The number of aliphatic hydroxyl groups excluding tert-OH is 2. The van der Waals surface area contributed by atoms with Gasteiger partial charge in [-0.2, -0.15) is 0 Å². The number of halogens is 2. The Labute approximate surface area is 192 Å². The molecule has 10 heteroatoms. The van der Waals surface area contributed by atoms with E-state index >= 15 is 0 Å². The molecule has 0 aliphatic carbocycles. The van der Waals surface area contributed by atoms with Crippen molar-refractivity contribution >= 4 is 34.1 Å². The van der Waals surface area contributed by atoms with Crippen LogP contribution in [-0.2, 0) is 27.5 Å². The molecule has 0 saturated heterocycles. The third kappa shape index (κ3) is 7.40. The molecule has 0 bridgehead atoms. The van der Waals surface area contributed by atoms with E-state index in [-0.39, 0.29) is 30.9 Å². The second-order valence-electron chi connectivity index (χ2n) is 6.58. The Balaban J connectivity index is 2.07. The van der Waals surface area contributed by atoms with Gasteiger partial charge in [0.15, 0.2) is 12.3 Å². The molecule has 0 unspecified atom stereocenters. The maximum absolute atomic E-state index is 14.7. The number of nitrogens with zero attached hydrogens (tertiary/aromatic N) is 1. The Kier molecular flexibility index (Phi) is 10.3. The predicted molar refractivity (Wildman–Crippen MR) is 117 cm³/mol. The Bertz CT molecular complexity index is 906. The quantitative estimate of drug-likeness (QED) is 0.206. The van der Waals surface area contributed by atoms with E-state index in [9.17, 15) is 14.0 Å². The van der Waals surface area contributed by atoms with Crippen molar-refractivity contribution in [3.63, 3.8) is 0 Å². The third-order valence-corrected chi connectivity index (χ3v) is 5.13. The van der Waals surface area contributed by atoms with Gasteiger partial charge in [-0.05, 0) is 35.4 Å². The fraction of sp³-hybridized carbons (Fsp3) is 0.318. The summed E-state index contributed by atoms with van der Waals surface area (Å²) in [4.78, 5) is 28.3. The largest absolute Gasteiger partial charge is 0.461 e. The molecule has 2 N–H and O–H groups in total. The van der Waals surface area contributed by atoms with E-state index in [1.165, 1.54) is 31.4 Å². The molecule has 32 heavy (non-hydrogen) atoms. The highest BCUT2D eigenvalue weighted by Crippen LogP contribution is 2.19. The van der Waals surface area contributed by atoms with Crippen LogP contribution >= 0.6 is 15.9 Å². The zero-order chi connectivity index (χ0) is 23.5. The second-order valence-corrected chi connectivity index (χ2v) is 7.75. The normalized spacial score (nSPS) is 13.9. The van der Waals surface area contributed by atoms with Gasteiger partial charge in [-0.15, -0.1) is 0 Å². The molecule has 3 atom stereocenters. The summed E-state index contributed by atoms with van der Waals surface area (Å²) in [5.74, 6) is -1.46. The van der Waals surface area contributed by atoms with Crippen molar-refractivity contribution in [1.29, 1.82) is 0 Å². The highest BCUT2D eigenvalue weighted by Gasteiger charge is 2.32. The van der Waals surface area contributed by atoms with Crippen LogP contribution < -0.4 is 0 Å². The van der Waals surface area contributed by atoms with Crippen LogP contribution in [0.4, 0.5) is 4.39 Å². The Morgan fingerprint density at radius 3 is 1.97 bits per heavy atom. The monoisotopic (exact) mass is 511 g/mol. The van der Waals surface area contributed by atoms with Crippen molar-refractivity contribution in [2.45, 2.75) is 30.3 Å². The van der Waals surface area contributed by atoms with E-state index < -0.39 is 29.0 Å². The summed E-state index contributed by atoms with van der Waals surface area (Å²) in [7, 11) is 1.24. The van der Waals surface area contributed by atoms with Gasteiger partial charge in [-0.1, -0.05) is 45.4 Å². The zero-order valence-corrected chi connectivity index (χ0v) is 18.8. The minimum Gasteiger partial charge on any atom is -0.461 e. The second kappa shape index (κ2) is 12.9. The molecule has 0 heterocycles. The van der Waals surface area contributed by atoms with E-state index in [0.717, 1.165) is 6.21 Å². The van der Waals surface area contributed by atoms with Crippen LogP contribution in [0.25, 0.3) is 0 Å². The van der Waals surface area contributed by atoms with Crippen molar-refractivity contribution in [3.05, 3.63) is 70.8 Å². The standard InChI is InChI=1S/C22H23BrFNO7/c1-30-25-10-19(24)20(32-22(29)17-8-4-15(12-27)5-9-17)18(23)13-31-21(28)16-6-2-14(11-26)3-7-16/h2-10,18-20,26-27H,11-13H2,1H3/t18-,19-,20-/m1/s1. The van der Waals surface area contributed by atoms with Crippen molar-refractivity contribution in [2.75, 3.05) is 13.7 Å². The van der Waals surface area contributed by atoms with Crippen molar-refractivity contribution in [3.8, 4) is 0 Å². The van der Waals surface area contributed by atoms with Crippen LogP contribution in [0.1, 0.15) is 31.8 Å². The SMILES string of the molecule is CON=C[C@@H](F)[C@H](OC(=O)c1ccc(CO)cc1)[C@H](Br)COC(=O)c1ccc(CO)cc1. The first kappa shape index (κ1) is 25.4. The fourth-order valence-corrected chi connectivity index (χ4v) is 3.09. The average Bonchev–Trinajstić information content (AvgIpc) is 2.83. The molecule has 2 aromatic carbocycles. The summed E-state index contributed by atoms with van der Waals surface area (Å²) in [6.07, 6.45) is -2.41. The van der Waals surface area contributed by atoms with Crippen LogP contribution in [0.15, 0.2) is 53.7 Å². The van der Waals surface area contributed by atoms with Crippen molar-refractivity contribution in [1.82, 2.24) is 0 Å². The van der Waals surface area contributed by atoms with Gasteiger partial charge in [0.2, 0.25) is 0 Å². The number of benzene rings is 2. The van der Waals surface area contributed by atoms with Gasteiger partial charge in [0.05, 0.1) is 35.4 Å². The number of hydrogen-bond acceptors (Lipinski definition) is 8. The summed E-state index contributed by atoms with van der Waals surface area (Å²) < 4.78 is 25.2. The number of carbonyl (C=O) groups is 2. The van der Waals surface area contributed by atoms with Gasteiger partial charge < -0.3 is 24.5 Å². The molecule has 0 aromatic heterocycles. The van der Waals surface area contributed by atoms with Crippen molar-refractivity contribution in [2.24, 2.45) is 5.16 Å². The fourth-order valence-electron chi connectivity index (χ4n) is 2.56. The minimum absolute atomic E-state index is 0.156. The lowest BCUT2D eigenvalue weighted by molar-refractivity contribution is 0.00845. The number of ether oxygens (including phenoxy) is 2. The maximum atomic E-state index is 14.7. The Hall–Kier alpha value is -2.82. The van der Waals surface area contributed by atoms with Crippen molar-refractivity contribution < 1.29 is 38.5 Å². The Morgan fingerprint density at radius 1 is 1.00 bits per heavy atom. The first-order valence-corrected chi connectivity index (χ1v) is 10.4. The van der Waals surface area contributed by atoms with Crippen LogP contribution in [0.3, 0.4) is 0 Å². The molecule has 0 aliphatic rings. The lowest BCUT2D eigenvalue weighted by Gasteiger charge is -2.24. The Morgan fingerprint density at radius 2 is 1.50 bits per heavy atom. The number of oxime groups is 1. The van der Waals surface area contributed by atoms with Crippen LogP contribution in [-0.4, -0.2) is 59.2 Å². The minimum atomic E-state index is -1.86. The highest BCUT2D eigenvalue weighted by atomic mass is 79.9. The number of esters is 2. The number of alkyl halides is 2. The first-order chi connectivity index (χ1) is 15.4. The van der Waals surface area contributed by atoms with Gasteiger partial charge in [-0.3, -0.25) is 0 Å². The summed E-state index contributed by atoms with van der Waals surface area (Å²) in [6, 6.07) is 12.1. The summed E-state index contributed by atoms with van der Waals surface area (Å²) in [5, 5.41) is 21.5. The smallest absolute Gasteiger partial charge is 0.338 e. The van der Waals surface area contributed by atoms with Gasteiger partial charge >= 0.3 is 11.9 Å². The van der Waals surface area contributed by atoms with E-state index in [0.29, 0.717) is 11.1 Å². The van der Waals surface area contributed by atoms with Gasteiger partial charge in [0, 0.05) is 0 Å². The van der Waals surface area contributed by atoms with Crippen LogP contribution in [0.5, 0.6) is 0 Å². The summed E-state index contributed by atoms with van der Waals surface area (Å²) in [6.45, 7) is -0.645. The molecular formula is C22H23BrFNO7. The molecule has 0 radical (unpaired) electrons. The highest BCUT2D eigenvalue weighted by molar-refractivity contribution is 9.09.